The molecule has 2 fully saturated rings. The largest absolute Gasteiger partial charge is 0.357 e. The number of rotatable bonds is 6. The van der Waals surface area contributed by atoms with Crippen molar-refractivity contribution in [2.75, 3.05) is 29.4 Å². The smallest absolute Gasteiger partial charge is 0.260 e. The van der Waals surface area contributed by atoms with E-state index >= 15 is 0 Å². The molecule has 1 saturated carbocycles. The molecule has 0 radical (unpaired) electrons. The van der Waals surface area contributed by atoms with Crippen LogP contribution in [0.15, 0.2) is 36.5 Å². The average molecular weight is 435 g/mol. The molecular weight excluding hydrogens is 400 g/mol. The summed E-state index contributed by atoms with van der Waals surface area (Å²) >= 11 is 0. The van der Waals surface area contributed by atoms with Gasteiger partial charge in [0.15, 0.2) is 0 Å². The van der Waals surface area contributed by atoms with Gasteiger partial charge in [-0.3, -0.25) is 14.5 Å². The molecule has 0 unspecified atom stereocenters. The van der Waals surface area contributed by atoms with E-state index in [4.69, 9.17) is 0 Å². The van der Waals surface area contributed by atoms with Crippen LogP contribution in [0.2, 0.25) is 0 Å². The molecule has 2 aromatic rings. The van der Waals surface area contributed by atoms with Crippen molar-refractivity contribution in [3.8, 4) is 0 Å². The first-order chi connectivity index (χ1) is 15.5. The zero-order valence-corrected chi connectivity index (χ0v) is 19.3. The van der Waals surface area contributed by atoms with Gasteiger partial charge in [0, 0.05) is 31.0 Å². The predicted molar refractivity (Wildman–Crippen MR) is 128 cm³/mol. The van der Waals surface area contributed by atoms with Crippen LogP contribution in [-0.4, -0.2) is 42.5 Å². The Balaban J connectivity index is 1.55. The molecule has 1 aromatic heterocycles. The SMILES string of the molecule is Cc1cccc(N(CC(=O)NC2CCCCC2)C(=O)c2ccc(N3CCCC3)nc2)c1C. The van der Waals surface area contributed by atoms with Crippen LogP contribution >= 0.6 is 0 Å². The number of nitrogens with one attached hydrogen (secondary N) is 1. The molecule has 0 spiro atoms. The van der Waals surface area contributed by atoms with Gasteiger partial charge in [0.1, 0.15) is 12.4 Å². The van der Waals surface area contributed by atoms with E-state index in [-0.39, 0.29) is 24.4 Å². The quantitative estimate of drug-likeness (QED) is 0.732. The van der Waals surface area contributed by atoms with E-state index < -0.39 is 0 Å². The van der Waals surface area contributed by atoms with Crippen LogP contribution in [0.4, 0.5) is 11.5 Å². The zero-order valence-electron chi connectivity index (χ0n) is 19.3. The average Bonchev–Trinajstić information content (AvgIpc) is 3.35. The summed E-state index contributed by atoms with van der Waals surface area (Å²) in [5.41, 5.74) is 3.38. The van der Waals surface area contributed by atoms with Crippen LogP contribution in [0.5, 0.6) is 0 Å². The third kappa shape index (κ3) is 5.12. The van der Waals surface area contributed by atoms with E-state index in [1.54, 1.807) is 11.1 Å². The van der Waals surface area contributed by atoms with Crippen LogP contribution in [0.3, 0.4) is 0 Å². The fourth-order valence-corrected chi connectivity index (χ4v) is 4.76. The molecule has 1 N–H and O–H groups in total. The van der Waals surface area contributed by atoms with Gasteiger partial charge < -0.3 is 10.2 Å². The molecule has 0 bridgehead atoms. The summed E-state index contributed by atoms with van der Waals surface area (Å²) in [4.78, 5) is 34.9. The summed E-state index contributed by atoms with van der Waals surface area (Å²) in [7, 11) is 0. The molecule has 2 amide bonds. The zero-order chi connectivity index (χ0) is 22.5. The fraction of sp³-hybridized carbons (Fsp3) is 0.500. The van der Waals surface area contributed by atoms with Gasteiger partial charge in [-0.15, -0.1) is 0 Å². The van der Waals surface area contributed by atoms with Gasteiger partial charge >= 0.3 is 0 Å². The number of pyridine rings is 1. The molecule has 170 valence electrons. The van der Waals surface area contributed by atoms with Crippen LogP contribution < -0.4 is 15.1 Å². The molecule has 1 saturated heterocycles. The first-order valence-electron chi connectivity index (χ1n) is 11.9. The minimum atomic E-state index is -0.196. The van der Waals surface area contributed by atoms with Gasteiger partial charge in [0.05, 0.1) is 5.56 Å². The maximum atomic E-state index is 13.6. The molecule has 2 heterocycles. The van der Waals surface area contributed by atoms with Gasteiger partial charge in [-0.05, 0) is 68.9 Å². The van der Waals surface area contributed by atoms with E-state index in [9.17, 15) is 9.59 Å². The Bertz CT molecular complexity index is 945. The highest BCUT2D eigenvalue weighted by Crippen LogP contribution is 2.25. The lowest BCUT2D eigenvalue weighted by atomic mass is 9.95. The molecule has 1 aliphatic carbocycles. The summed E-state index contributed by atoms with van der Waals surface area (Å²) in [6, 6.07) is 9.84. The minimum absolute atomic E-state index is 0.00744. The molecule has 32 heavy (non-hydrogen) atoms. The summed E-state index contributed by atoms with van der Waals surface area (Å²) in [5.74, 6) is 0.609. The number of carbonyl (C=O) groups is 2. The second-order valence-corrected chi connectivity index (χ2v) is 9.11. The number of hydrogen-bond acceptors (Lipinski definition) is 4. The lowest BCUT2D eigenvalue weighted by Gasteiger charge is -2.27. The Morgan fingerprint density at radius 1 is 1.03 bits per heavy atom. The van der Waals surface area contributed by atoms with Gasteiger partial charge in [0.25, 0.3) is 5.91 Å². The van der Waals surface area contributed by atoms with Gasteiger partial charge in [-0.2, -0.15) is 0 Å². The van der Waals surface area contributed by atoms with Crippen LogP contribution in [0, 0.1) is 13.8 Å². The standard InChI is InChI=1S/C26H34N4O2/c1-19-9-8-12-23(20(19)2)30(18-25(31)28-22-10-4-3-5-11-22)26(32)21-13-14-24(27-17-21)29-15-6-7-16-29/h8-9,12-14,17,22H,3-7,10-11,15-16,18H2,1-2H3,(H,28,31). The molecular formula is C26H34N4O2. The van der Waals surface area contributed by atoms with E-state index in [1.165, 1.54) is 19.3 Å². The lowest BCUT2D eigenvalue weighted by molar-refractivity contribution is -0.120. The Morgan fingerprint density at radius 2 is 1.78 bits per heavy atom. The second kappa shape index (κ2) is 10.2. The number of hydrogen-bond donors (Lipinski definition) is 1. The van der Waals surface area contributed by atoms with Gasteiger partial charge in [-0.1, -0.05) is 31.4 Å². The fourth-order valence-electron chi connectivity index (χ4n) is 4.76. The Morgan fingerprint density at radius 3 is 2.47 bits per heavy atom. The highest BCUT2D eigenvalue weighted by Gasteiger charge is 2.25. The normalized spacial score (nSPS) is 16.8. The van der Waals surface area contributed by atoms with Crippen molar-refractivity contribution in [1.29, 1.82) is 0 Å². The number of aromatic nitrogens is 1. The molecule has 0 atom stereocenters. The van der Waals surface area contributed by atoms with Crippen molar-refractivity contribution in [3.05, 3.63) is 53.2 Å². The van der Waals surface area contributed by atoms with Crippen LogP contribution in [0.1, 0.15) is 66.4 Å². The van der Waals surface area contributed by atoms with E-state index in [1.807, 2.05) is 44.2 Å². The number of amides is 2. The van der Waals surface area contributed by atoms with Gasteiger partial charge in [0.2, 0.25) is 5.91 Å². The molecule has 6 nitrogen and oxygen atoms in total. The van der Waals surface area contributed by atoms with Crippen molar-refractivity contribution in [3.63, 3.8) is 0 Å². The van der Waals surface area contributed by atoms with Crippen LogP contribution in [0.25, 0.3) is 0 Å². The lowest BCUT2D eigenvalue weighted by Crippen LogP contribution is -2.45. The van der Waals surface area contributed by atoms with E-state index in [2.05, 4.69) is 15.2 Å². The molecule has 4 rings (SSSR count). The Kier molecular flexibility index (Phi) is 7.08. The van der Waals surface area contributed by atoms with Gasteiger partial charge in [-0.25, -0.2) is 4.98 Å². The molecule has 6 heteroatoms. The van der Waals surface area contributed by atoms with Crippen molar-refractivity contribution >= 4 is 23.3 Å². The van der Waals surface area contributed by atoms with Crippen molar-refractivity contribution in [2.24, 2.45) is 0 Å². The topological polar surface area (TPSA) is 65.5 Å². The number of carbonyl (C=O) groups excluding carboxylic acids is 2. The summed E-state index contributed by atoms with van der Waals surface area (Å²) in [5, 5.41) is 3.15. The summed E-state index contributed by atoms with van der Waals surface area (Å²) in [6.07, 6.45) is 9.58. The number of benzene rings is 1. The number of aryl methyl sites for hydroxylation is 1. The highest BCUT2D eigenvalue weighted by molar-refractivity contribution is 6.09. The number of anilines is 2. The molecule has 1 aromatic carbocycles. The maximum Gasteiger partial charge on any atom is 0.260 e. The molecule has 1 aliphatic heterocycles. The maximum absolute atomic E-state index is 13.6. The monoisotopic (exact) mass is 434 g/mol. The van der Waals surface area contributed by atoms with Crippen molar-refractivity contribution in [2.45, 2.75) is 64.8 Å². The number of nitrogens with zero attached hydrogens (tertiary/aromatic N) is 3. The Labute approximate surface area is 191 Å². The third-order valence-electron chi connectivity index (χ3n) is 6.81. The summed E-state index contributed by atoms with van der Waals surface area (Å²) < 4.78 is 0. The first kappa shape index (κ1) is 22.3. The second-order valence-electron chi connectivity index (χ2n) is 9.11. The summed E-state index contributed by atoms with van der Waals surface area (Å²) in [6.45, 7) is 6.05. The van der Waals surface area contributed by atoms with Crippen LogP contribution in [-0.2, 0) is 4.79 Å². The minimum Gasteiger partial charge on any atom is -0.357 e. The van der Waals surface area contributed by atoms with Crippen molar-refractivity contribution < 1.29 is 9.59 Å². The Hall–Kier alpha value is -2.89. The van der Waals surface area contributed by atoms with E-state index in [0.29, 0.717) is 5.56 Å². The van der Waals surface area contributed by atoms with E-state index in [0.717, 1.165) is 61.4 Å². The molecule has 2 aliphatic rings. The first-order valence-corrected chi connectivity index (χ1v) is 11.9. The predicted octanol–water partition coefficient (Wildman–Crippen LogP) is 4.39. The highest BCUT2D eigenvalue weighted by atomic mass is 16.2. The third-order valence-corrected chi connectivity index (χ3v) is 6.81. The van der Waals surface area contributed by atoms with Crippen molar-refractivity contribution in [1.82, 2.24) is 10.3 Å².